The van der Waals surface area contributed by atoms with Gasteiger partial charge in [-0.05, 0) is 104 Å². The molecule has 2 unspecified atom stereocenters. The van der Waals surface area contributed by atoms with Gasteiger partial charge in [0, 0.05) is 44.0 Å². The second kappa shape index (κ2) is 29.9. The van der Waals surface area contributed by atoms with Crippen molar-refractivity contribution in [3.05, 3.63) is 125 Å². The second-order valence-electron chi connectivity index (χ2n) is 22.4. The lowest BCUT2D eigenvalue weighted by molar-refractivity contribution is -0.143. The number of esters is 1. The molecule has 0 aromatic heterocycles. The van der Waals surface area contributed by atoms with Gasteiger partial charge in [-0.25, -0.2) is 19.8 Å². The van der Waals surface area contributed by atoms with Gasteiger partial charge < -0.3 is 60.7 Å². The summed E-state index contributed by atoms with van der Waals surface area (Å²) in [6.45, 7) is 13.1. The number of epoxide rings is 1. The van der Waals surface area contributed by atoms with Gasteiger partial charge in [-0.15, -0.1) is 0 Å². The highest BCUT2D eigenvalue weighted by Gasteiger charge is 2.51. The molecule has 7 rings (SSSR count). The van der Waals surface area contributed by atoms with Gasteiger partial charge in [-0.2, -0.15) is 0 Å². The van der Waals surface area contributed by atoms with Crippen LogP contribution in [0.3, 0.4) is 0 Å². The summed E-state index contributed by atoms with van der Waals surface area (Å²) >= 11 is 0. The summed E-state index contributed by atoms with van der Waals surface area (Å²) in [5, 5.41) is 13.7. The van der Waals surface area contributed by atoms with Crippen molar-refractivity contribution < 1.29 is 66.8 Å². The van der Waals surface area contributed by atoms with E-state index in [9.17, 15) is 38.4 Å². The molecule has 3 heterocycles. The lowest BCUT2D eigenvalue weighted by atomic mass is 9.88. The molecule has 3 aromatic rings. The summed E-state index contributed by atoms with van der Waals surface area (Å²) in [5.41, 5.74) is 15.7. The van der Waals surface area contributed by atoms with E-state index in [1.807, 2.05) is 74.5 Å². The quantitative estimate of drug-likeness (QED) is 0.00872. The average Bonchev–Trinajstić information content (AvgIpc) is 4.26. The fraction of sp³-hybridized carbons (Fsp3) is 0.484. The van der Waals surface area contributed by atoms with E-state index in [0.29, 0.717) is 37.1 Å². The normalized spacial score (nSPS) is 22.8. The van der Waals surface area contributed by atoms with Crippen LogP contribution >= 0.6 is 0 Å². The molecule has 4 aliphatic rings. The maximum absolute atomic E-state index is 13.8. The maximum Gasteiger partial charge on any atom is 0.426 e. The van der Waals surface area contributed by atoms with Gasteiger partial charge >= 0.3 is 24.2 Å². The van der Waals surface area contributed by atoms with Crippen LogP contribution in [-0.4, -0.2) is 122 Å². The summed E-state index contributed by atoms with van der Waals surface area (Å²) in [6, 6.07) is 19.3. The Hall–Kier alpha value is -8.08. The van der Waals surface area contributed by atoms with E-state index in [0.717, 1.165) is 34.2 Å². The smallest absolute Gasteiger partial charge is 0.426 e. The van der Waals surface area contributed by atoms with Gasteiger partial charge in [0.2, 0.25) is 23.6 Å². The molecule has 84 heavy (non-hydrogen) atoms. The lowest BCUT2D eigenvalue weighted by Crippen LogP contribution is -2.54. The molecule has 0 saturated carbocycles. The zero-order valence-corrected chi connectivity index (χ0v) is 48.7. The number of primary amides is 1. The summed E-state index contributed by atoms with van der Waals surface area (Å²) in [5.74, 6) is -2.76. The molecular weight excluding hydrogens is 1080 g/mol. The molecule has 10 atom stereocenters. The van der Waals surface area contributed by atoms with Gasteiger partial charge in [0.15, 0.2) is 0 Å². The SMILES string of the molecule is CC(=O)O[C@@H](C)/C=C\C(=O)N[C@@H]1C[C@H](C)C(C/C=C(C)/C=C/[C@@H]2C[C@]3(CO3)C[C@@H](CC(=O)NNC(=O)OCc3ccc(NC(=O)[C@H](CCCNC(N)=O)NC(=O)C(NC(=O)OCC4c5ccccc5-c5ccccc54)C(C)C)cc3)O2)O[C@@H]1C. The Bertz CT molecular complexity index is 2880. The van der Waals surface area contributed by atoms with E-state index < -0.39 is 72.1 Å². The van der Waals surface area contributed by atoms with Crippen LogP contribution in [0.25, 0.3) is 11.1 Å². The molecule has 0 bridgehead atoms. The second-order valence-corrected chi connectivity index (χ2v) is 22.4. The minimum Gasteiger partial charge on any atom is -0.459 e. The fourth-order valence-electron chi connectivity index (χ4n) is 10.7. The van der Waals surface area contributed by atoms with Crippen LogP contribution in [0.15, 0.2) is 109 Å². The van der Waals surface area contributed by atoms with Gasteiger partial charge in [0.1, 0.15) is 31.4 Å². The number of fused-ring (bicyclic) bond motifs is 3. The predicted molar refractivity (Wildman–Crippen MR) is 311 cm³/mol. The molecule has 1 spiro atoms. The first kappa shape index (κ1) is 63.5. The number of nitrogens with one attached hydrogen (secondary N) is 7. The molecule has 22 heteroatoms. The summed E-state index contributed by atoms with van der Waals surface area (Å²) < 4.78 is 34.6. The van der Waals surface area contributed by atoms with E-state index in [1.54, 1.807) is 45.0 Å². The van der Waals surface area contributed by atoms with Gasteiger partial charge in [0.05, 0.1) is 49.1 Å². The first-order chi connectivity index (χ1) is 40.1. The first-order valence-corrected chi connectivity index (χ1v) is 28.7. The van der Waals surface area contributed by atoms with Gasteiger partial charge in [0.25, 0.3) is 0 Å². The number of carbonyl (C=O) groups excluding carboxylic acids is 8. The molecule has 3 saturated heterocycles. The molecule has 22 nitrogen and oxygen atoms in total. The fourth-order valence-corrected chi connectivity index (χ4v) is 10.7. The van der Waals surface area contributed by atoms with Crippen molar-refractivity contribution >= 4 is 53.5 Å². The van der Waals surface area contributed by atoms with E-state index in [-0.39, 0.29) is 86.7 Å². The van der Waals surface area contributed by atoms with Crippen molar-refractivity contribution in [1.82, 2.24) is 32.1 Å². The van der Waals surface area contributed by atoms with Crippen LogP contribution in [0.2, 0.25) is 0 Å². The van der Waals surface area contributed by atoms with Crippen LogP contribution in [0.4, 0.5) is 20.1 Å². The van der Waals surface area contributed by atoms with E-state index >= 15 is 0 Å². The summed E-state index contributed by atoms with van der Waals surface area (Å²) in [6.07, 6.45) is 8.67. The van der Waals surface area contributed by atoms with Crippen LogP contribution in [0.1, 0.15) is 116 Å². The minimum atomic E-state index is -1.09. The molecule has 3 aromatic carbocycles. The molecule has 8 amide bonds. The highest BCUT2D eigenvalue weighted by Crippen LogP contribution is 2.45. The average molecular weight is 1160 g/mol. The standard InChI is InChI=1S/C62H80N8O14/c1-36(2)56(68-60(77)80-34-50-48-15-10-8-13-46(48)47-14-9-11-16-49(47)50)58(75)67-51(17-12-28-64-59(63)76)57(74)65-43-23-21-42(22-24-43)33-79-61(78)70-69-55(73)30-45-32-62(35-81-62)31-44(84-45)25-18-37(3)19-26-53-38(4)29-52(40(6)83-53)66-54(72)27-20-39(5)82-41(7)71/h8-11,13-16,18-25,27,36,38-40,44-45,50-53,56H,12,17,26,28-35H2,1-7H3,(H,65,74)(H,66,72)(H,67,75)(H,68,77)(H,69,73)(H,70,78)(H3,63,64,76)/b25-18+,27-20-,37-19+/t38-,39-,40+,44+,45+,51-,52+,53?,56?,62+/m0/s1. The van der Waals surface area contributed by atoms with Crippen molar-refractivity contribution in [3.8, 4) is 11.1 Å². The number of anilines is 1. The van der Waals surface area contributed by atoms with E-state index in [1.165, 1.54) is 19.1 Å². The molecular formula is C62H80N8O14. The highest BCUT2D eigenvalue weighted by atomic mass is 16.6. The van der Waals surface area contributed by atoms with Crippen LogP contribution in [-0.2, 0) is 59.0 Å². The van der Waals surface area contributed by atoms with Crippen molar-refractivity contribution in [1.29, 1.82) is 0 Å². The monoisotopic (exact) mass is 1160 g/mol. The molecule has 0 radical (unpaired) electrons. The largest absolute Gasteiger partial charge is 0.459 e. The van der Waals surface area contributed by atoms with Crippen LogP contribution in [0.5, 0.6) is 0 Å². The van der Waals surface area contributed by atoms with Crippen molar-refractivity contribution in [3.63, 3.8) is 0 Å². The molecule has 1 aliphatic carbocycles. The van der Waals surface area contributed by atoms with Crippen LogP contribution in [0, 0.1) is 11.8 Å². The summed E-state index contributed by atoms with van der Waals surface area (Å²) in [4.78, 5) is 102. The van der Waals surface area contributed by atoms with Crippen LogP contribution < -0.4 is 43.2 Å². The van der Waals surface area contributed by atoms with E-state index in [2.05, 4.69) is 50.4 Å². The predicted octanol–water partition coefficient (Wildman–Crippen LogP) is 6.78. The number of nitrogens with two attached hydrogens (primary N) is 1. The number of allylic oxidation sites excluding steroid dienone is 2. The Morgan fingerprint density at radius 1 is 0.810 bits per heavy atom. The molecule has 3 fully saturated rings. The van der Waals surface area contributed by atoms with Crippen molar-refractivity contribution in [2.75, 3.05) is 25.1 Å². The Labute approximate surface area is 490 Å². The number of hydrogen-bond acceptors (Lipinski definition) is 14. The third-order valence-electron chi connectivity index (χ3n) is 15.2. The Kier molecular flexibility index (Phi) is 22.6. The first-order valence-electron chi connectivity index (χ1n) is 28.7. The number of ether oxygens (including phenoxy) is 6. The highest BCUT2D eigenvalue weighted by molar-refractivity contribution is 5.98. The number of carbonyl (C=O) groups is 8. The minimum absolute atomic E-state index is 0.0384. The number of alkyl carbamates (subject to hydrolysis) is 1. The lowest BCUT2D eigenvalue weighted by Gasteiger charge is -2.39. The topological polar surface area (TPSA) is 305 Å². The number of benzene rings is 3. The van der Waals surface area contributed by atoms with Crippen molar-refractivity contribution in [2.45, 2.75) is 160 Å². The Balaban J connectivity index is 0.823. The molecule has 9 N–H and O–H groups in total. The number of hydrogen-bond donors (Lipinski definition) is 8. The van der Waals surface area contributed by atoms with Gasteiger partial charge in [-0.1, -0.05) is 105 Å². The Morgan fingerprint density at radius 3 is 2.15 bits per heavy atom. The van der Waals surface area contributed by atoms with Gasteiger partial charge in [-0.3, -0.25) is 29.4 Å². The number of urea groups is 1. The molecule has 452 valence electrons. The third kappa shape index (κ3) is 19.0. The summed E-state index contributed by atoms with van der Waals surface area (Å²) in [7, 11) is 0. The zero-order valence-electron chi connectivity index (χ0n) is 48.7. The molecule has 3 aliphatic heterocycles. The number of hydrazine groups is 1. The van der Waals surface area contributed by atoms with Crippen molar-refractivity contribution in [2.24, 2.45) is 17.6 Å². The number of rotatable bonds is 24. The Morgan fingerprint density at radius 2 is 1.50 bits per heavy atom. The zero-order chi connectivity index (χ0) is 60.5. The maximum atomic E-state index is 13.8. The third-order valence-corrected chi connectivity index (χ3v) is 15.2. The van der Waals surface area contributed by atoms with E-state index in [4.69, 9.17) is 34.2 Å². The number of amides is 8.